The van der Waals surface area contributed by atoms with E-state index in [1.165, 1.54) is 0 Å². The molecular weight excluding hydrogens is 395 g/mol. The lowest BCUT2D eigenvalue weighted by Gasteiger charge is -2.14. The average molecular weight is 408 g/mol. The Morgan fingerprint density at radius 3 is 2.37 bits per heavy atom. The van der Waals surface area contributed by atoms with Gasteiger partial charge in [0.2, 0.25) is 5.88 Å². The van der Waals surface area contributed by atoms with Gasteiger partial charge in [-0.15, -0.1) is 0 Å². The lowest BCUT2D eigenvalue weighted by atomic mass is 10.00. The van der Waals surface area contributed by atoms with E-state index in [9.17, 15) is 13.6 Å². The third-order valence-corrected chi connectivity index (χ3v) is 4.72. The Labute approximate surface area is 164 Å². The highest BCUT2D eigenvalue weighted by Crippen LogP contribution is 2.39. The molecule has 0 fully saturated rings. The monoisotopic (exact) mass is 407 g/mol. The summed E-state index contributed by atoms with van der Waals surface area (Å²) in [6, 6.07) is 14.1. The number of ether oxygens (including phenoxy) is 1. The zero-order valence-electron chi connectivity index (χ0n) is 14.0. The first-order valence-corrected chi connectivity index (χ1v) is 8.63. The minimum atomic E-state index is -3.10. The molecule has 1 aromatic heterocycles. The van der Waals surface area contributed by atoms with Crippen LogP contribution in [0.1, 0.15) is 15.9 Å². The van der Waals surface area contributed by atoms with E-state index >= 15 is 0 Å². The predicted molar refractivity (Wildman–Crippen MR) is 102 cm³/mol. The van der Waals surface area contributed by atoms with Gasteiger partial charge in [-0.3, -0.25) is 4.79 Å². The topological polar surface area (TPSA) is 39.2 Å². The van der Waals surface area contributed by atoms with Crippen molar-refractivity contribution in [3.8, 4) is 28.3 Å². The van der Waals surface area contributed by atoms with Crippen molar-refractivity contribution in [2.75, 3.05) is 0 Å². The van der Waals surface area contributed by atoms with Gasteiger partial charge in [0.15, 0.2) is 6.29 Å². The van der Waals surface area contributed by atoms with Crippen molar-refractivity contribution in [2.45, 2.75) is 13.5 Å². The summed E-state index contributed by atoms with van der Waals surface area (Å²) < 4.78 is 29.8. The van der Waals surface area contributed by atoms with Gasteiger partial charge in [-0.1, -0.05) is 59.6 Å². The van der Waals surface area contributed by atoms with Crippen LogP contribution in [0.5, 0.6) is 5.88 Å². The predicted octanol–water partition coefficient (Wildman–Crippen LogP) is 6.44. The number of nitrogens with zero attached hydrogens (tertiary/aromatic N) is 1. The van der Waals surface area contributed by atoms with Gasteiger partial charge in [-0.2, -0.15) is 8.78 Å². The number of carbonyl (C=O) groups is 1. The van der Waals surface area contributed by atoms with Crippen LogP contribution in [0.2, 0.25) is 10.0 Å². The fraction of sp³-hybridized carbons (Fsp3) is 0.100. The van der Waals surface area contributed by atoms with E-state index in [1.54, 1.807) is 43.3 Å². The van der Waals surface area contributed by atoms with Gasteiger partial charge in [-0.05, 0) is 24.6 Å². The van der Waals surface area contributed by atoms with Crippen molar-refractivity contribution >= 4 is 29.5 Å². The first-order valence-electron chi connectivity index (χ1n) is 7.87. The fourth-order valence-corrected chi connectivity index (χ4v) is 3.29. The first-order chi connectivity index (χ1) is 12.9. The van der Waals surface area contributed by atoms with Gasteiger partial charge >= 0.3 is 6.61 Å². The van der Waals surface area contributed by atoms with E-state index in [-0.39, 0.29) is 5.56 Å². The third-order valence-electron chi connectivity index (χ3n) is 3.99. The van der Waals surface area contributed by atoms with Crippen LogP contribution < -0.4 is 4.74 Å². The quantitative estimate of drug-likeness (QED) is 0.456. The molecule has 0 unspecified atom stereocenters. The van der Waals surface area contributed by atoms with E-state index in [4.69, 9.17) is 23.2 Å². The maximum atomic E-state index is 12.7. The molecule has 3 aromatic rings. The van der Waals surface area contributed by atoms with Crippen LogP contribution in [0, 0.1) is 6.92 Å². The molecule has 2 aromatic carbocycles. The van der Waals surface area contributed by atoms with Crippen LogP contribution in [0.25, 0.3) is 22.4 Å². The number of carbonyl (C=O) groups excluding carboxylic acids is 1. The minimum absolute atomic E-state index is 0.0302. The molecule has 3 nitrogen and oxygen atoms in total. The summed E-state index contributed by atoms with van der Waals surface area (Å²) in [6.07, 6.45) is 0.436. The second-order valence-electron chi connectivity index (χ2n) is 5.69. The summed E-state index contributed by atoms with van der Waals surface area (Å²) in [4.78, 5) is 15.3. The zero-order valence-corrected chi connectivity index (χ0v) is 15.6. The van der Waals surface area contributed by atoms with Crippen LogP contribution in [-0.4, -0.2) is 17.9 Å². The smallest absolute Gasteiger partial charge is 0.388 e. The standard InChI is InChI=1S/C20H13Cl2F2NO2/c1-11-9-17(25-19(15(11)10-26)27-20(23)24)14-7-4-6-13(18(14)22)12-5-2-3-8-16(12)21/h2-10,20H,1H3. The molecule has 0 radical (unpaired) electrons. The number of halogens is 4. The van der Waals surface area contributed by atoms with Gasteiger partial charge < -0.3 is 4.74 Å². The number of rotatable bonds is 5. The SMILES string of the molecule is Cc1cc(-c2cccc(-c3ccccc3Cl)c2Cl)nc(OC(F)F)c1C=O. The Kier molecular flexibility index (Phi) is 5.73. The first kappa shape index (κ1) is 19.3. The Hall–Kier alpha value is -2.50. The minimum Gasteiger partial charge on any atom is -0.416 e. The maximum absolute atomic E-state index is 12.7. The highest BCUT2D eigenvalue weighted by Gasteiger charge is 2.18. The molecule has 0 bridgehead atoms. The van der Waals surface area contributed by atoms with Crippen molar-refractivity contribution in [3.63, 3.8) is 0 Å². The van der Waals surface area contributed by atoms with Crippen LogP contribution in [0.3, 0.4) is 0 Å². The van der Waals surface area contributed by atoms with Gasteiger partial charge in [0.05, 0.1) is 16.3 Å². The molecular formula is C20H13Cl2F2NO2. The zero-order chi connectivity index (χ0) is 19.6. The summed E-state index contributed by atoms with van der Waals surface area (Å²) in [5.74, 6) is -0.436. The van der Waals surface area contributed by atoms with Crippen LogP contribution in [0.15, 0.2) is 48.5 Å². The summed E-state index contributed by atoms with van der Waals surface area (Å²) in [5, 5.41) is 0.887. The molecule has 3 rings (SSSR count). The van der Waals surface area contributed by atoms with E-state index in [1.807, 2.05) is 12.1 Å². The number of pyridine rings is 1. The lowest BCUT2D eigenvalue weighted by Crippen LogP contribution is -2.08. The molecule has 0 atom stereocenters. The molecule has 0 saturated heterocycles. The molecule has 7 heteroatoms. The molecule has 0 N–H and O–H groups in total. The van der Waals surface area contributed by atoms with Crippen molar-refractivity contribution in [1.82, 2.24) is 4.98 Å². The van der Waals surface area contributed by atoms with E-state index in [2.05, 4.69) is 9.72 Å². The Bertz CT molecular complexity index is 1010. The largest absolute Gasteiger partial charge is 0.416 e. The molecule has 0 aliphatic carbocycles. The second-order valence-corrected chi connectivity index (χ2v) is 6.47. The number of aldehydes is 1. The van der Waals surface area contributed by atoms with Gasteiger partial charge in [-0.25, -0.2) is 4.98 Å². The highest BCUT2D eigenvalue weighted by molar-refractivity contribution is 6.38. The number of aromatic nitrogens is 1. The van der Waals surface area contributed by atoms with Gasteiger partial charge in [0, 0.05) is 21.7 Å². The molecule has 0 aliphatic rings. The van der Waals surface area contributed by atoms with Crippen molar-refractivity contribution in [1.29, 1.82) is 0 Å². The number of aryl methyl sites for hydroxylation is 1. The summed E-state index contributed by atoms with van der Waals surface area (Å²) >= 11 is 12.8. The van der Waals surface area contributed by atoms with Crippen molar-refractivity contribution < 1.29 is 18.3 Å². The van der Waals surface area contributed by atoms with Gasteiger partial charge in [0.25, 0.3) is 0 Å². The number of hydrogen-bond donors (Lipinski definition) is 0. The molecule has 1 heterocycles. The Morgan fingerprint density at radius 1 is 1.04 bits per heavy atom. The third kappa shape index (κ3) is 3.94. The maximum Gasteiger partial charge on any atom is 0.388 e. The number of alkyl halides is 2. The fourth-order valence-electron chi connectivity index (χ4n) is 2.73. The lowest BCUT2D eigenvalue weighted by molar-refractivity contribution is -0.0530. The van der Waals surface area contributed by atoms with Crippen LogP contribution in [0.4, 0.5) is 8.78 Å². The van der Waals surface area contributed by atoms with Crippen molar-refractivity contribution in [3.05, 3.63) is 69.7 Å². The van der Waals surface area contributed by atoms with Crippen molar-refractivity contribution in [2.24, 2.45) is 0 Å². The molecule has 0 saturated carbocycles. The van der Waals surface area contributed by atoms with E-state index in [0.717, 1.165) is 5.56 Å². The Balaban J connectivity index is 2.18. The molecule has 138 valence electrons. The summed E-state index contributed by atoms with van der Waals surface area (Å²) in [7, 11) is 0. The average Bonchev–Trinajstić information content (AvgIpc) is 2.62. The molecule has 0 aliphatic heterocycles. The summed E-state index contributed by atoms with van der Waals surface area (Å²) in [6.45, 7) is -1.49. The highest BCUT2D eigenvalue weighted by atomic mass is 35.5. The number of hydrogen-bond acceptors (Lipinski definition) is 3. The van der Waals surface area contributed by atoms with Crippen LogP contribution in [-0.2, 0) is 0 Å². The molecule has 0 spiro atoms. The van der Waals surface area contributed by atoms with Gasteiger partial charge in [0.1, 0.15) is 0 Å². The van der Waals surface area contributed by atoms with Crippen LogP contribution >= 0.6 is 23.2 Å². The van der Waals surface area contributed by atoms with E-state index in [0.29, 0.717) is 38.7 Å². The van der Waals surface area contributed by atoms with E-state index < -0.39 is 12.5 Å². The number of benzene rings is 2. The molecule has 27 heavy (non-hydrogen) atoms. The second kappa shape index (κ2) is 8.03. The summed E-state index contributed by atoms with van der Waals surface area (Å²) in [5.41, 5.74) is 2.65. The normalized spacial score (nSPS) is 10.9. The Morgan fingerprint density at radius 2 is 1.70 bits per heavy atom. The molecule has 0 amide bonds.